The number of hydrogen-bond acceptors (Lipinski definition) is 5. The van der Waals surface area contributed by atoms with Gasteiger partial charge in [0.15, 0.2) is 0 Å². The summed E-state index contributed by atoms with van der Waals surface area (Å²) in [5.74, 6) is 0.748. The molecule has 9 heteroatoms. The minimum absolute atomic E-state index is 0.0177. The van der Waals surface area contributed by atoms with Crippen LogP contribution in [0.4, 0.5) is 0 Å². The van der Waals surface area contributed by atoms with E-state index in [1.54, 1.807) is 28.7 Å². The van der Waals surface area contributed by atoms with Crippen LogP contribution in [0.5, 0.6) is 5.75 Å². The van der Waals surface area contributed by atoms with Crippen molar-refractivity contribution in [1.29, 1.82) is 0 Å². The molecular formula is C22H17ClN4O3S. The molecule has 2 heterocycles. The van der Waals surface area contributed by atoms with Crippen LogP contribution in [0.15, 0.2) is 84.0 Å². The third-order valence-corrected chi connectivity index (χ3v) is 6.68. The Morgan fingerprint density at radius 2 is 1.52 bits per heavy atom. The van der Waals surface area contributed by atoms with E-state index < -0.39 is 9.84 Å². The van der Waals surface area contributed by atoms with Crippen molar-refractivity contribution < 1.29 is 13.2 Å². The molecule has 0 saturated heterocycles. The predicted molar refractivity (Wildman–Crippen MR) is 119 cm³/mol. The van der Waals surface area contributed by atoms with Gasteiger partial charge in [-0.25, -0.2) is 12.8 Å². The Kier molecular flexibility index (Phi) is 4.88. The fraction of sp³-hybridized carbons (Fsp3) is 0.0909. The van der Waals surface area contributed by atoms with Crippen LogP contribution in [0, 0.1) is 0 Å². The molecule has 3 aromatic carbocycles. The molecule has 0 aliphatic heterocycles. The number of hydrogen-bond donors (Lipinski definition) is 0. The molecule has 0 saturated carbocycles. The van der Waals surface area contributed by atoms with E-state index in [4.69, 9.17) is 16.3 Å². The monoisotopic (exact) mass is 452 g/mol. The first kappa shape index (κ1) is 19.6. The average Bonchev–Trinajstić information content (AvgIpc) is 3.34. The molecule has 5 rings (SSSR count). The summed E-state index contributed by atoms with van der Waals surface area (Å²) >= 11 is 5.86. The van der Waals surface area contributed by atoms with Crippen LogP contribution in [-0.2, 0) is 9.84 Å². The first-order valence-electron chi connectivity index (χ1n) is 9.56. The van der Waals surface area contributed by atoms with Gasteiger partial charge < -0.3 is 4.74 Å². The second-order valence-corrected chi connectivity index (χ2v) is 9.34. The Bertz CT molecular complexity index is 1480. The Labute approximate surface area is 183 Å². The molecule has 0 atom stereocenters. The molecule has 0 aliphatic carbocycles. The summed E-state index contributed by atoms with van der Waals surface area (Å²) in [6, 6.07) is 23.9. The lowest BCUT2D eigenvalue weighted by atomic mass is 10.3. The Morgan fingerprint density at radius 3 is 2.26 bits per heavy atom. The van der Waals surface area contributed by atoms with E-state index in [2.05, 4.69) is 10.2 Å². The van der Waals surface area contributed by atoms with Crippen LogP contribution < -0.4 is 4.74 Å². The summed E-state index contributed by atoms with van der Waals surface area (Å²) in [5, 5.41) is 8.73. The number of fused-ring (bicyclic) bond motifs is 3. The van der Waals surface area contributed by atoms with Gasteiger partial charge in [-0.15, -0.1) is 10.2 Å². The summed E-state index contributed by atoms with van der Waals surface area (Å²) in [5.41, 5.74) is 2.42. The van der Waals surface area contributed by atoms with Gasteiger partial charge in [0.05, 0.1) is 16.8 Å². The molecule has 5 aromatic rings. The topological polar surface area (TPSA) is 78.5 Å². The maximum atomic E-state index is 13.1. The van der Waals surface area contributed by atoms with Gasteiger partial charge in [-0.2, -0.15) is 0 Å². The predicted octanol–water partition coefficient (Wildman–Crippen LogP) is 4.18. The highest BCUT2D eigenvalue weighted by molar-refractivity contribution is 7.91. The third-order valence-electron chi connectivity index (χ3n) is 4.91. The van der Waals surface area contributed by atoms with Gasteiger partial charge in [0.1, 0.15) is 12.4 Å². The highest BCUT2D eigenvalue weighted by Crippen LogP contribution is 2.27. The minimum Gasteiger partial charge on any atom is -0.493 e. The maximum absolute atomic E-state index is 13.1. The van der Waals surface area contributed by atoms with E-state index in [-0.39, 0.29) is 17.5 Å². The van der Waals surface area contributed by atoms with E-state index in [1.165, 1.54) is 0 Å². The number of aromatic nitrogens is 4. The van der Waals surface area contributed by atoms with E-state index in [9.17, 15) is 8.42 Å². The number of halogens is 1. The van der Waals surface area contributed by atoms with Crippen LogP contribution in [-0.4, -0.2) is 39.9 Å². The molecule has 0 amide bonds. The number of nitrogens with zero attached hydrogens (tertiary/aromatic N) is 4. The van der Waals surface area contributed by atoms with Crippen LogP contribution in [0.25, 0.3) is 22.5 Å². The van der Waals surface area contributed by atoms with Gasteiger partial charge in [0, 0.05) is 10.7 Å². The SMILES string of the molecule is O=S(=O)(CCOc1ccc(Cl)cc1)c1nnc2n(-c3ccccc3)c3ccccc3n12. The molecule has 7 nitrogen and oxygen atoms in total. The molecule has 0 bridgehead atoms. The van der Waals surface area contributed by atoms with Crippen LogP contribution >= 0.6 is 11.6 Å². The first-order valence-corrected chi connectivity index (χ1v) is 11.6. The molecule has 2 aromatic heterocycles. The molecule has 0 aliphatic rings. The van der Waals surface area contributed by atoms with Crippen LogP contribution in [0.2, 0.25) is 5.02 Å². The van der Waals surface area contributed by atoms with Crippen molar-refractivity contribution in [3.63, 3.8) is 0 Å². The van der Waals surface area contributed by atoms with Crippen molar-refractivity contribution in [3.8, 4) is 11.4 Å². The van der Waals surface area contributed by atoms with E-state index in [0.717, 1.165) is 11.2 Å². The molecular weight excluding hydrogens is 436 g/mol. The summed E-state index contributed by atoms with van der Waals surface area (Å²) in [7, 11) is -3.76. The Hall–Kier alpha value is -3.36. The highest BCUT2D eigenvalue weighted by Gasteiger charge is 2.26. The molecule has 0 N–H and O–H groups in total. The zero-order valence-electron chi connectivity index (χ0n) is 16.2. The maximum Gasteiger partial charge on any atom is 0.256 e. The van der Waals surface area contributed by atoms with Crippen molar-refractivity contribution >= 4 is 38.2 Å². The summed E-state index contributed by atoms with van der Waals surface area (Å²) in [6.45, 7) is -0.0177. The highest BCUT2D eigenvalue weighted by atomic mass is 35.5. The normalized spacial score (nSPS) is 11.9. The largest absolute Gasteiger partial charge is 0.493 e. The van der Waals surface area contributed by atoms with Gasteiger partial charge in [-0.1, -0.05) is 41.9 Å². The number of imidazole rings is 1. The number of ether oxygens (including phenoxy) is 1. The standard InChI is InChI=1S/C22H17ClN4O3S/c23-16-10-12-18(13-11-16)30-14-15-31(28,29)22-25-24-21-26(17-6-2-1-3-7-17)19-8-4-5-9-20(19)27(21)22/h1-13H,14-15H2. The first-order chi connectivity index (χ1) is 15.0. The second-order valence-electron chi connectivity index (χ2n) is 6.90. The molecule has 0 fully saturated rings. The second kappa shape index (κ2) is 7.72. The Morgan fingerprint density at radius 1 is 0.839 bits per heavy atom. The van der Waals surface area contributed by atoms with Crippen molar-refractivity contribution in [2.24, 2.45) is 0 Å². The average molecular weight is 453 g/mol. The van der Waals surface area contributed by atoms with Crippen LogP contribution in [0.3, 0.4) is 0 Å². The molecule has 0 spiro atoms. The lowest BCUT2D eigenvalue weighted by Crippen LogP contribution is -2.16. The van der Waals surface area contributed by atoms with Gasteiger partial charge in [-0.3, -0.25) is 4.57 Å². The van der Waals surface area contributed by atoms with Crippen LogP contribution in [0.1, 0.15) is 0 Å². The summed E-state index contributed by atoms with van der Waals surface area (Å²) in [4.78, 5) is 0. The van der Waals surface area contributed by atoms with Gasteiger partial charge in [0.25, 0.3) is 5.16 Å². The number of rotatable bonds is 6. The van der Waals surface area contributed by atoms with Gasteiger partial charge in [0.2, 0.25) is 15.6 Å². The Balaban J connectivity index is 1.54. The van der Waals surface area contributed by atoms with E-state index >= 15 is 0 Å². The van der Waals surface area contributed by atoms with Crippen molar-refractivity contribution in [2.75, 3.05) is 12.4 Å². The molecule has 156 valence electrons. The minimum atomic E-state index is -3.76. The van der Waals surface area contributed by atoms with Crippen molar-refractivity contribution in [3.05, 3.63) is 83.9 Å². The number of sulfone groups is 1. The molecule has 0 unspecified atom stereocenters. The number of benzene rings is 3. The molecule has 31 heavy (non-hydrogen) atoms. The van der Waals surface area contributed by atoms with E-state index in [0.29, 0.717) is 22.1 Å². The summed E-state index contributed by atoms with van der Waals surface area (Å²) in [6.07, 6.45) is 0. The number of para-hydroxylation sites is 3. The third kappa shape index (κ3) is 3.54. The zero-order valence-corrected chi connectivity index (χ0v) is 17.8. The fourth-order valence-electron chi connectivity index (χ4n) is 3.49. The lowest BCUT2D eigenvalue weighted by molar-refractivity contribution is 0.340. The fourth-order valence-corrected chi connectivity index (χ4v) is 4.73. The molecule has 0 radical (unpaired) electrons. The lowest BCUT2D eigenvalue weighted by Gasteiger charge is -2.06. The van der Waals surface area contributed by atoms with Gasteiger partial charge >= 0.3 is 0 Å². The van der Waals surface area contributed by atoms with Gasteiger partial charge in [-0.05, 0) is 48.5 Å². The van der Waals surface area contributed by atoms with Crippen molar-refractivity contribution in [2.45, 2.75) is 5.16 Å². The summed E-state index contributed by atoms with van der Waals surface area (Å²) < 4.78 is 35.3. The zero-order chi connectivity index (χ0) is 21.4. The van der Waals surface area contributed by atoms with E-state index in [1.807, 2.05) is 59.2 Å². The van der Waals surface area contributed by atoms with Crippen molar-refractivity contribution in [1.82, 2.24) is 19.2 Å². The smallest absolute Gasteiger partial charge is 0.256 e. The quantitative estimate of drug-likeness (QED) is 0.386.